The van der Waals surface area contributed by atoms with Crippen LogP contribution in [0, 0.1) is 47.5 Å². The molecule has 3 rings (SSSR count). The van der Waals surface area contributed by atoms with Gasteiger partial charge in [0.05, 0.1) is 0 Å². The van der Waals surface area contributed by atoms with Crippen LogP contribution in [0.25, 0.3) is 5.57 Å². The van der Waals surface area contributed by atoms with Crippen molar-refractivity contribution in [2.24, 2.45) is 5.92 Å². The second-order valence-electron chi connectivity index (χ2n) is 8.72. The van der Waals surface area contributed by atoms with Gasteiger partial charge in [-0.05, 0) is 81.3 Å². The number of benzene rings is 2. The number of hydrogen-bond donors (Lipinski definition) is 0. The Morgan fingerprint density at radius 1 is 0.806 bits per heavy atom. The summed E-state index contributed by atoms with van der Waals surface area (Å²) >= 11 is 0. The predicted octanol–water partition coefficient (Wildman–Crippen LogP) is 7.89. The molecule has 0 aliphatic heterocycles. The van der Waals surface area contributed by atoms with E-state index >= 15 is 0 Å². The Morgan fingerprint density at radius 3 is 1.74 bits per heavy atom. The monoisotopic (exact) mass is 414 g/mol. The van der Waals surface area contributed by atoms with Crippen LogP contribution in [0.2, 0.25) is 0 Å². The second kappa shape index (κ2) is 10.1. The van der Waals surface area contributed by atoms with Gasteiger partial charge in [-0.25, -0.2) is 0 Å². The standard InChI is InChI=1S/C28H32O.C2H6/c1-16-11-18(3)26(19(4)12-16)15-24-9-10-25(22(24)7)28(29)23(8)27-20(5)13-17(2)14-21(27)6;1-2/h9-14,22H,8,15H2,1-7H3;1-2H3. The molecule has 1 aliphatic rings. The highest BCUT2D eigenvalue weighted by Gasteiger charge is 2.27. The van der Waals surface area contributed by atoms with Crippen LogP contribution >= 0.6 is 0 Å². The van der Waals surface area contributed by atoms with Crippen molar-refractivity contribution in [3.8, 4) is 0 Å². The number of rotatable bonds is 5. The first-order chi connectivity index (χ1) is 14.6. The van der Waals surface area contributed by atoms with Gasteiger partial charge in [-0.1, -0.05) is 80.5 Å². The Balaban J connectivity index is 0.00000166. The highest BCUT2D eigenvalue weighted by atomic mass is 16.1. The lowest BCUT2D eigenvalue weighted by Crippen LogP contribution is -2.14. The van der Waals surface area contributed by atoms with Gasteiger partial charge in [0.25, 0.3) is 0 Å². The molecule has 2 aromatic rings. The number of carbonyl (C=O) groups is 1. The third-order valence-corrected chi connectivity index (χ3v) is 6.24. The summed E-state index contributed by atoms with van der Waals surface area (Å²) < 4.78 is 0. The van der Waals surface area contributed by atoms with Gasteiger partial charge in [0, 0.05) is 17.1 Å². The van der Waals surface area contributed by atoms with Crippen LogP contribution in [0.5, 0.6) is 0 Å². The van der Waals surface area contributed by atoms with Gasteiger partial charge in [-0.3, -0.25) is 4.79 Å². The molecular weight excluding hydrogens is 376 g/mol. The molecule has 1 atom stereocenters. The maximum absolute atomic E-state index is 13.3. The van der Waals surface area contributed by atoms with Crippen LogP contribution in [0.1, 0.15) is 65.3 Å². The van der Waals surface area contributed by atoms with Crippen molar-refractivity contribution in [1.82, 2.24) is 0 Å². The SMILES string of the molecule is C=C(C(=O)C1=CC=C(Cc2c(C)cc(C)cc2C)C1C)c1c(C)cc(C)cc1C.CC. The lowest BCUT2D eigenvalue weighted by Gasteiger charge is -2.19. The topological polar surface area (TPSA) is 17.1 Å². The maximum atomic E-state index is 13.3. The van der Waals surface area contributed by atoms with E-state index in [0.717, 1.165) is 28.7 Å². The normalized spacial score (nSPS) is 15.1. The summed E-state index contributed by atoms with van der Waals surface area (Å²) in [6, 6.07) is 8.74. The first kappa shape index (κ1) is 24.6. The number of Topliss-reactive ketones (excluding diaryl/α,β-unsaturated/α-hetero) is 1. The zero-order valence-corrected chi connectivity index (χ0v) is 20.9. The molecule has 0 saturated heterocycles. The molecule has 1 unspecified atom stereocenters. The lowest BCUT2D eigenvalue weighted by molar-refractivity contribution is -0.110. The summed E-state index contributed by atoms with van der Waals surface area (Å²) in [4.78, 5) is 13.3. The molecule has 1 aliphatic carbocycles. The first-order valence-corrected chi connectivity index (χ1v) is 11.4. The molecule has 1 nitrogen and oxygen atoms in total. The van der Waals surface area contributed by atoms with E-state index < -0.39 is 0 Å². The van der Waals surface area contributed by atoms with Gasteiger partial charge < -0.3 is 0 Å². The van der Waals surface area contributed by atoms with Crippen molar-refractivity contribution >= 4 is 11.4 Å². The fourth-order valence-corrected chi connectivity index (χ4v) is 4.81. The summed E-state index contributed by atoms with van der Waals surface area (Å²) in [7, 11) is 0. The van der Waals surface area contributed by atoms with E-state index in [1.165, 1.54) is 33.4 Å². The van der Waals surface area contributed by atoms with Gasteiger partial charge in [0.15, 0.2) is 5.78 Å². The van der Waals surface area contributed by atoms with E-state index in [4.69, 9.17) is 0 Å². The highest BCUT2D eigenvalue weighted by molar-refractivity contribution is 6.29. The molecule has 0 fully saturated rings. The van der Waals surface area contributed by atoms with Crippen molar-refractivity contribution in [2.75, 3.05) is 0 Å². The molecular formula is C30H38O. The average Bonchev–Trinajstić information content (AvgIpc) is 3.05. The quantitative estimate of drug-likeness (QED) is 0.455. The summed E-state index contributed by atoms with van der Waals surface area (Å²) in [6.07, 6.45) is 5.03. The lowest BCUT2D eigenvalue weighted by atomic mass is 9.84. The molecule has 1 heteroatoms. The molecule has 0 amide bonds. The number of allylic oxidation sites excluding steroid dienone is 5. The summed E-state index contributed by atoms with van der Waals surface area (Å²) in [5, 5.41) is 0. The summed E-state index contributed by atoms with van der Waals surface area (Å²) in [6.45, 7) is 23.0. The zero-order valence-electron chi connectivity index (χ0n) is 20.9. The van der Waals surface area contributed by atoms with Gasteiger partial charge in [-0.2, -0.15) is 0 Å². The molecule has 0 aromatic heterocycles. The molecule has 31 heavy (non-hydrogen) atoms. The molecule has 0 spiro atoms. The van der Waals surface area contributed by atoms with E-state index in [1.54, 1.807) is 0 Å². The van der Waals surface area contributed by atoms with Gasteiger partial charge in [0.2, 0.25) is 0 Å². The third-order valence-electron chi connectivity index (χ3n) is 6.24. The zero-order chi connectivity index (χ0) is 23.5. The maximum Gasteiger partial charge on any atom is 0.189 e. The number of aryl methyl sites for hydroxylation is 6. The second-order valence-corrected chi connectivity index (χ2v) is 8.72. The fourth-order valence-electron chi connectivity index (χ4n) is 4.81. The molecule has 2 aromatic carbocycles. The van der Waals surface area contributed by atoms with Crippen LogP contribution in [0.4, 0.5) is 0 Å². The first-order valence-electron chi connectivity index (χ1n) is 11.4. The number of carbonyl (C=O) groups excluding carboxylic acids is 1. The Hall–Kier alpha value is -2.67. The smallest absolute Gasteiger partial charge is 0.189 e. The number of ketones is 1. The van der Waals surface area contributed by atoms with Crippen molar-refractivity contribution in [1.29, 1.82) is 0 Å². The predicted molar refractivity (Wildman–Crippen MR) is 136 cm³/mol. The van der Waals surface area contributed by atoms with Gasteiger partial charge >= 0.3 is 0 Å². The Kier molecular flexibility index (Phi) is 8.01. The molecule has 0 radical (unpaired) electrons. The van der Waals surface area contributed by atoms with Crippen LogP contribution in [-0.2, 0) is 11.2 Å². The molecule has 0 saturated carbocycles. The third kappa shape index (κ3) is 5.15. The van der Waals surface area contributed by atoms with Crippen molar-refractivity contribution in [2.45, 2.75) is 68.7 Å². The van der Waals surface area contributed by atoms with Gasteiger partial charge in [-0.15, -0.1) is 0 Å². The van der Waals surface area contributed by atoms with Crippen LogP contribution in [0.15, 0.2) is 54.1 Å². The minimum absolute atomic E-state index is 0.0659. The molecule has 0 N–H and O–H groups in total. The fraction of sp³-hybridized carbons (Fsp3) is 0.367. The van der Waals surface area contributed by atoms with Crippen LogP contribution in [0.3, 0.4) is 0 Å². The number of hydrogen-bond acceptors (Lipinski definition) is 1. The minimum atomic E-state index is 0.0659. The highest BCUT2D eigenvalue weighted by Crippen LogP contribution is 2.35. The molecule has 0 heterocycles. The van der Waals surface area contributed by atoms with Gasteiger partial charge in [0.1, 0.15) is 0 Å². The Bertz CT molecular complexity index is 1030. The van der Waals surface area contributed by atoms with Crippen molar-refractivity contribution in [3.63, 3.8) is 0 Å². The van der Waals surface area contributed by atoms with E-state index in [0.29, 0.717) is 5.57 Å². The molecule has 0 bridgehead atoms. The largest absolute Gasteiger partial charge is 0.289 e. The minimum Gasteiger partial charge on any atom is -0.289 e. The van der Waals surface area contributed by atoms with Crippen LogP contribution < -0.4 is 0 Å². The summed E-state index contributed by atoms with van der Waals surface area (Å²) in [5.74, 6) is 0.182. The van der Waals surface area contributed by atoms with E-state index in [2.05, 4.69) is 85.4 Å². The molecule has 164 valence electrons. The van der Waals surface area contributed by atoms with E-state index in [1.807, 2.05) is 19.9 Å². The average molecular weight is 415 g/mol. The van der Waals surface area contributed by atoms with Crippen molar-refractivity contribution < 1.29 is 4.79 Å². The summed E-state index contributed by atoms with van der Waals surface area (Å²) in [5.41, 5.74) is 12.5. The van der Waals surface area contributed by atoms with Crippen molar-refractivity contribution in [3.05, 3.63) is 98.7 Å². The van der Waals surface area contributed by atoms with E-state index in [9.17, 15) is 4.79 Å². The Morgan fingerprint density at radius 2 is 1.26 bits per heavy atom. The van der Waals surface area contributed by atoms with Crippen LogP contribution in [-0.4, -0.2) is 5.78 Å². The Labute approximate surface area is 189 Å². The van der Waals surface area contributed by atoms with E-state index in [-0.39, 0.29) is 11.7 Å².